The summed E-state index contributed by atoms with van der Waals surface area (Å²) in [7, 11) is 0. The standard InChI is InChI=1S/C29H26N2O2/c32-27-25-15-7-8-16-26(25)28(33)29(27,23-11-3-1-4-12-23)17-9-10-18-30-19-21-31(22-20-30)24-13-5-2-6-14-24/h1-8,11-16H,17-22H2. The maximum absolute atomic E-state index is 13.5. The normalized spacial score (nSPS) is 17.4. The minimum Gasteiger partial charge on any atom is -0.369 e. The Kier molecular flexibility index (Phi) is 5.81. The molecule has 0 amide bonds. The first-order valence-corrected chi connectivity index (χ1v) is 11.4. The van der Waals surface area contributed by atoms with Crippen molar-refractivity contribution in [2.24, 2.45) is 0 Å². The molecule has 164 valence electrons. The Bertz CT molecular complexity index is 1180. The monoisotopic (exact) mass is 434 g/mol. The molecule has 1 heterocycles. The van der Waals surface area contributed by atoms with E-state index in [1.807, 2.05) is 48.5 Å². The van der Waals surface area contributed by atoms with Crippen molar-refractivity contribution in [2.45, 2.75) is 11.8 Å². The minimum absolute atomic E-state index is 0.139. The molecule has 0 radical (unpaired) electrons. The average molecular weight is 435 g/mol. The molecule has 4 nitrogen and oxygen atoms in total. The van der Waals surface area contributed by atoms with Gasteiger partial charge in [-0.15, -0.1) is 5.92 Å². The van der Waals surface area contributed by atoms with Gasteiger partial charge in [0.05, 0.1) is 6.54 Å². The van der Waals surface area contributed by atoms with E-state index in [1.165, 1.54) is 5.69 Å². The number of carbonyl (C=O) groups excluding carboxylic acids is 2. The number of hydrogen-bond acceptors (Lipinski definition) is 4. The second-order valence-electron chi connectivity index (χ2n) is 8.60. The summed E-state index contributed by atoms with van der Waals surface area (Å²) in [6.07, 6.45) is 0.202. The maximum Gasteiger partial charge on any atom is 0.182 e. The number of fused-ring (bicyclic) bond motifs is 1. The van der Waals surface area contributed by atoms with Gasteiger partial charge in [0.1, 0.15) is 5.41 Å². The van der Waals surface area contributed by atoms with E-state index in [-0.39, 0.29) is 18.0 Å². The number of hydrogen-bond donors (Lipinski definition) is 0. The zero-order valence-corrected chi connectivity index (χ0v) is 18.5. The van der Waals surface area contributed by atoms with Crippen LogP contribution in [0.2, 0.25) is 0 Å². The third kappa shape index (κ3) is 3.86. The molecule has 0 aromatic heterocycles. The zero-order valence-electron chi connectivity index (χ0n) is 18.5. The first kappa shape index (κ1) is 21.2. The Balaban J connectivity index is 1.30. The van der Waals surface area contributed by atoms with Crippen molar-refractivity contribution >= 4 is 17.3 Å². The largest absolute Gasteiger partial charge is 0.369 e. The molecule has 3 aromatic carbocycles. The second-order valence-corrected chi connectivity index (χ2v) is 8.60. The molecule has 5 rings (SSSR count). The molecule has 0 unspecified atom stereocenters. The van der Waals surface area contributed by atoms with Gasteiger partial charge in [-0.25, -0.2) is 0 Å². The lowest BCUT2D eigenvalue weighted by Gasteiger charge is -2.35. The first-order valence-electron chi connectivity index (χ1n) is 11.4. The van der Waals surface area contributed by atoms with Crippen LogP contribution in [0.1, 0.15) is 32.7 Å². The van der Waals surface area contributed by atoms with E-state index in [0.717, 1.165) is 31.7 Å². The lowest BCUT2D eigenvalue weighted by molar-refractivity contribution is 0.0797. The van der Waals surface area contributed by atoms with Crippen LogP contribution in [0.4, 0.5) is 5.69 Å². The highest BCUT2D eigenvalue weighted by Crippen LogP contribution is 2.42. The molecule has 0 bridgehead atoms. The third-order valence-corrected chi connectivity index (χ3v) is 6.73. The van der Waals surface area contributed by atoms with Crippen molar-refractivity contribution in [1.82, 2.24) is 4.90 Å². The van der Waals surface area contributed by atoms with E-state index in [1.54, 1.807) is 12.1 Å². The van der Waals surface area contributed by atoms with Gasteiger partial charge in [-0.05, 0) is 17.7 Å². The van der Waals surface area contributed by atoms with Crippen LogP contribution in [0.15, 0.2) is 84.9 Å². The number of anilines is 1. The smallest absolute Gasteiger partial charge is 0.182 e. The topological polar surface area (TPSA) is 40.6 Å². The van der Waals surface area contributed by atoms with Crippen LogP contribution in [0.5, 0.6) is 0 Å². The molecule has 0 N–H and O–H groups in total. The van der Waals surface area contributed by atoms with Crippen LogP contribution in [0.3, 0.4) is 0 Å². The Morgan fingerprint density at radius 2 is 1.21 bits per heavy atom. The van der Waals surface area contributed by atoms with E-state index < -0.39 is 5.41 Å². The van der Waals surface area contributed by atoms with Crippen LogP contribution in [-0.2, 0) is 5.41 Å². The SMILES string of the molecule is O=C1c2ccccc2C(=O)C1(CC#CCN1CCN(c2ccccc2)CC1)c1ccccc1. The molecule has 0 atom stereocenters. The molecule has 0 saturated carbocycles. The predicted octanol–water partition coefficient (Wildman–Crippen LogP) is 4.22. The van der Waals surface area contributed by atoms with Gasteiger partial charge in [0, 0.05) is 49.4 Å². The zero-order chi connectivity index (χ0) is 22.7. The lowest BCUT2D eigenvalue weighted by Crippen LogP contribution is -2.46. The molecule has 1 fully saturated rings. The summed E-state index contributed by atoms with van der Waals surface area (Å²) in [5, 5.41) is 0. The van der Waals surface area contributed by atoms with E-state index in [9.17, 15) is 9.59 Å². The highest BCUT2D eigenvalue weighted by molar-refractivity contribution is 6.33. The fraction of sp³-hybridized carbons (Fsp3) is 0.241. The molecule has 1 aliphatic heterocycles. The molecule has 4 heteroatoms. The summed E-state index contributed by atoms with van der Waals surface area (Å²) >= 11 is 0. The Labute approximate surface area is 194 Å². The molecular weight excluding hydrogens is 408 g/mol. The van der Waals surface area contributed by atoms with E-state index >= 15 is 0 Å². The van der Waals surface area contributed by atoms with Gasteiger partial charge in [-0.2, -0.15) is 0 Å². The number of carbonyl (C=O) groups is 2. The van der Waals surface area contributed by atoms with Crippen LogP contribution < -0.4 is 4.90 Å². The Morgan fingerprint density at radius 1 is 0.667 bits per heavy atom. The van der Waals surface area contributed by atoms with Gasteiger partial charge < -0.3 is 4.90 Å². The average Bonchev–Trinajstić information content (AvgIpc) is 3.10. The molecule has 2 aliphatic rings. The van der Waals surface area contributed by atoms with Gasteiger partial charge in [0.2, 0.25) is 0 Å². The van der Waals surface area contributed by atoms with Gasteiger partial charge >= 0.3 is 0 Å². The van der Waals surface area contributed by atoms with Crippen molar-refractivity contribution in [3.05, 3.63) is 102 Å². The van der Waals surface area contributed by atoms with Crippen LogP contribution in [0, 0.1) is 11.8 Å². The maximum atomic E-state index is 13.5. The number of benzene rings is 3. The van der Waals surface area contributed by atoms with E-state index in [4.69, 9.17) is 0 Å². The van der Waals surface area contributed by atoms with Crippen molar-refractivity contribution in [3.63, 3.8) is 0 Å². The highest BCUT2D eigenvalue weighted by atomic mass is 16.2. The van der Waals surface area contributed by atoms with E-state index in [2.05, 4.69) is 45.9 Å². The second kappa shape index (κ2) is 9.05. The summed E-state index contributed by atoms with van der Waals surface area (Å²) in [6, 6.07) is 27.0. The van der Waals surface area contributed by atoms with Gasteiger partial charge in [0.15, 0.2) is 11.6 Å². The summed E-state index contributed by atoms with van der Waals surface area (Å²) in [5.74, 6) is 6.18. The van der Waals surface area contributed by atoms with Crippen molar-refractivity contribution in [1.29, 1.82) is 0 Å². The quantitative estimate of drug-likeness (QED) is 0.455. The van der Waals surface area contributed by atoms with Crippen molar-refractivity contribution in [2.75, 3.05) is 37.6 Å². The fourth-order valence-corrected chi connectivity index (χ4v) is 4.86. The predicted molar refractivity (Wildman–Crippen MR) is 131 cm³/mol. The number of rotatable bonds is 4. The van der Waals surface area contributed by atoms with Crippen molar-refractivity contribution in [3.8, 4) is 11.8 Å². The number of ketones is 2. The molecular formula is C29H26N2O2. The van der Waals surface area contributed by atoms with Gasteiger partial charge in [-0.3, -0.25) is 14.5 Å². The molecule has 0 spiro atoms. The van der Waals surface area contributed by atoms with Crippen molar-refractivity contribution < 1.29 is 9.59 Å². The third-order valence-electron chi connectivity index (χ3n) is 6.73. The number of Topliss-reactive ketones (excluding diaryl/α,β-unsaturated/α-hetero) is 2. The number of para-hydroxylation sites is 1. The molecule has 1 aliphatic carbocycles. The summed E-state index contributed by atoms with van der Waals surface area (Å²) < 4.78 is 0. The molecule has 1 saturated heterocycles. The van der Waals surface area contributed by atoms with Gasteiger partial charge in [0.25, 0.3) is 0 Å². The fourth-order valence-electron chi connectivity index (χ4n) is 4.86. The number of nitrogens with zero attached hydrogens (tertiary/aromatic N) is 2. The summed E-state index contributed by atoms with van der Waals surface area (Å²) in [6.45, 7) is 4.45. The van der Waals surface area contributed by atoms with Crippen LogP contribution in [0.25, 0.3) is 0 Å². The van der Waals surface area contributed by atoms with Crippen LogP contribution >= 0.6 is 0 Å². The molecule has 3 aromatic rings. The minimum atomic E-state index is -1.25. The Hall–Kier alpha value is -3.68. The Morgan fingerprint density at radius 3 is 1.82 bits per heavy atom. The van der Waals surface area contributed by atoms with E-state index in [0.29, 0.717) is 17.7 Å². The lowest BCUT2D eigenvalue weighted by atomic mass is 9.73. The number of piperazine rings is 1. The first-order chi connectivity index (χ1) is 16.2. The highest BCUT2D eigenvalue weighted by Gasteiger charge is 2.53. The van der Waals surface area contributed by atoms with Crippen LogP contribution in [-0.4, -0.2) is 49.2 Å². The van der Waals surface area contributed by atoms with Gasteiger partial charge in [-0.1, -0.05) is 78.7 Å². The molecule has 33 heavy (non-hydrogen) atoms. The summed E-state index contributed by atoms with van der Waals surface area (Å²) in [4.78, 5) is 31.7. The summed E-state index contributed by atoms with van der Waals surface area (Å²) in [5.41, 5.74) is 1.74.